The maximum absolute atomic E-state index is 11.5. The first-order chi connectivity index (χ1) is 7.04. The van der Waals surface area contributed by atoms with Crippen LogP contribution in [0.3, 0.4) is 0 Å². The van der Waals surface area contributed by atoms with Crippen LogP contribution < -0.4 is 0 Å². The number of esters is 1. The van der Waals surface area contributed by atoms with E-state index in [1.54, 1.807) is 18.2 Å². The lowest BCUT2D eigenvalue weighted by Gasteiger charge is -2.02. The molecular formula is C10H8Br2O3. The highest BCUT2D eigenvalue weighted by Crippen LogP contribution is 2.24. The summed E-state index contributed by atoms with van der Waals surface area (Å²) >= 11 is 6.58. The van der Waals surface area contributed by atoms with Gasteiger partial charge in [0, 0.05) is 14.5 Å². The van der Waals surface area contributed by atoms with Gasteiger partial charge in [0.05, 0.1) is 7.11 Å². The zero-order valence-electron chi connectivity index (χ0n) is 7.92. The Balaban J connectivity index is 2.83. The predicted molar refractivity (Wildman–Crippen MR) is 62.8 cm³/mol. The van der Waals surface area contributed by atoms with Gasteiger partial charge in [-0.15, -0.1) is 0 Å². The van der Waals surface area contributed by atoms with E-state index in [1.807, 2.05) is 0 Å². The van der Waals surface area contributed by atoms with Gasteiger partial charge in [-0.25, -0.2) is 0 Å². The Hall–Kier alpha value is -0.680. The standard InChI is InChI=1S/C10H8Br2O3/c1-15-10(14)5-9(13)6-2-3-7(11)8(12)4-6/h2-4H,5H2,1H3. The molecular weight excluding hydrogens is 328 g/mol. The molecule has 15 heavy (non-hydrogen) atoms. The molecule has 0 saturated carbocycles. The van der Waals surface area contributed by atoms with E-state index >= 15 is 0 Å². The lowest BCUT2D eigenvalue weighted by molar-refractivity contribution is -0.139. The highest BCUT2D eigenvalue weighted by atomic mass is 79.9. The van der Waals surface area contributed by atoms with E-state index in [0.29, 0.717) is 5.56 Å². The van der Waals surface area contributed by atoms with Gasteiger partial charge in [0.2, 0.25) is 0 Å². The van der Waals surface area contributed by atoms with E-state index in [0.717, 1.165) is 8.95 Å². The van der Waals surface area contributed by atoms with Crippen LogP contribution in [0, 0.1) is 0 Å². The first kappa shape index (κ1) is 12.4. The molecule has 0 unspecified atom stereocenters. The van der Waals surface area contributed by atoms with Crippen molar-refractivity contribution in [3.8, 4) is 0 Å². The van der Waals surface area contributed by atoms with Crippen molar-refractivity contribution in [2.75, 3.05) is 7.11 Å². The van der Waals surface area contributed by atoms with Crippen molar-refractivity contribution in [3.63, 3.8) is 0 Å². The van der Waals surface area contributed by atoms with E-state index < -0.39 is 5.97 Å². The molecule has 1 aromatic rings. The van der Waals surface area contributed by atoms with Crippen molar-refractivity contribution in [3.05, 3.63) is 32.7 Å². The molecule has 0 spiro atoms. The second-order valence-electron chi connectivity index (χ2n) is 2.80. The van der Waals surface area contributed by atoms with Crippen LogP contribution in [0.25, 0.3) is 0 Å². The number of benzene rings is 1. The van der Waals surface area contributed by atoms with Gasteiger partial charge in [-0.05, 0) is 44.0 Å². The Bertz CT molecular complexity index is 402. The Kier molecular flexibility index (Phi) is 4.47. The Morgan fingerprint density at radius 1 is 1.27 bits per heavy atom. The largest absolute Gasteiger partial charge is 0.469 e. The van der Waals surface area contributed by atoms with E-state index in [9.17, 15) is 9.59 Å². The fraction of sp³-hybridized carbons (Fsp3) is 0.200. The van der Waals surface area contributed by atoms with Gasteiger partial charge in [-0.3, -0.25) is 9.59 Å². The SMILES string of the molecule is COC(=O)CC(=O)c1ccc(Br)c(Br)c1. The summed E-state index contributed by atoms with van der Waals surface area (Å²) in [7, 11) is 1.26. The molecule has 0 aliphatic heterocycles. The van der Waals surface area contributed by atoms with Gasteiger partial charge in [-0.1, -0.05) is 6.07 Å². The van der Waals surface area contributed by atoms with E-state index in [4.69, 9.17) is 0 Å². The van der Waals surface area contributed by atoms with E-state index in [-0.39, 0.29) is 12.2 Å². The highest BCUT2D eigenvalue weighted by molar-refractivity contribution is 9.13. The minimum Gasteiger partial charge on any atom is -0.469 e. The second-order valence-corrected chi connectivity index (χ2v) is 4.51. The number of methoxy groups -OCH3 is 1. The monoisotopic (exact) mass is 334 g/mol. The number of halogens is 2. The summed E-state index contributed by atoms with van der Waals surface area (Å²) in [6, 6.07) is 5.06. The lowest BCUT2D eigenvalue weighted by Crippen LogP contribution is -2.09. The number of hydrogen-bond acceptors (Lipinski definition) is 3. The number of rotatable bonds is 3. The van der Waals surface area contributed by atoms with Crippen LogP contribution in [0.5, 0.6) is 0 Å². The minimum atomic E-state index is -0.529. The fourth-order valence-electron chi connectivity index (χ4n) is 0.975. The van der Waals surface area contributed by atoms with E-state index in [2.05, 4.69) is 36.6 Å². The predicted octanol–water partition coefficient (Wildman–Crippen LogP) is 2.96. The van der Waals surface area contributed by atoms with Crippen molar-refractivity contribution in [1.29, 1.82) is 0 Å². The summed E-state index contributed by atoms with van der Waals surface area (Å²) in [5.74, 6) is -0.783. The van der Waals surface area contributed by atoms with Gasteiger partial charge in [0.1, 0.15) is 6.42 Å². The summed E-state index contributed by atoms with van der Waals surface area (Å²) in [4.78, 5) is 22.4. The molecule has 0 heterocycles. The van der Waals surface area contributed by atoms with Crippen LogP contribution in [0.1, 0.15) is 16.8 Å². The highest BCUT2D eigenvalue weighted by Gasteiger charge is 2.12. The summed E-state index contributed by atoms with van der Waals surface area (Å²) in [5, 5.41) is 0. The maximum Gasteiger partial charge on any atom is 0.313 e. The molecule has 0 aliphatic carbocycles. The van der Waals surface area contributed by atoms with Crippen molar-refractivity contribution < 1.29 is 14.3 Å². The van der Waals surface area contributed by atoms with Crippen LogP contribution in [0.2, 0.25) is 0 Å². The summed E-state index contributed by atoms with van der Waals surface area (Å²) < 4.78 is 6.05. The smallest absolute Gasteiger partial charge is 0.313 e. The molecule has 0 saturated heterocycles. The molecule has 0 fully saturated rings. The third kappa shape index (κ3) is 3.43. The quantitative estimate of drug-likeness (QED) is 0.484. The Morgan fingerprint density at radius 2 is 1.93 bits per heavy atom. The third-order valence-corrected chi connectivity index (χ3v) is 3.65. The number of hydrogen-bond donors (Lipinski definition) is 0. The van der Waals surface area contributed by atoms with Crippen LogP contribution in [-0.2, 0) is 9.53 Å². The van der Waals surface area contributed by atoms with E-state index in [1.165, 1.54) is 7.11 Å². The zero-order chi connectivity index (χ0) is 11.4. The molecule has 3 nitrogen and oxygen atoms in total. The summed E-state index contributed by atoms with van der Waals surface area (Å²) in [6.45, 7) is 0. The molecule has 0 atom stereocenters. The van der Waals surface area contributed by atoms with Crippen LogP contribution in [-0.4, -0.2) is 18.9 Å². The molecule has 1 aromatic carbocycles. The third-order valence-electron chi connectivity index (χ3n) is 1.77. The van der Waals surface area contributed by atoms with Crippen molar-refractivity contribution in [2.45, 2.75) is 6.42 Å². The van der Waals surface area contributed by atoms with Gasteiger partial charge in [0.25, 0.3) is 0 Å². The molecule has 0 N–H and O–H groups in total. The topological polar surface area (TPSA) is 43.4 Å². The number of carbonyl (C=O) groups is 2. The van der Waals surface area contributed by atoms with Crippen molar-refractivity contribution in [2.24, 2.45) is 0 Å². The molecule has 0 bridgehead atoms. The Labute approximate surface area is 104 Å². The van der Waals surface area contributed by atoms with Crippen molar-refractivity contribution in [1.82, 2.24) is 0 Å². The molecule has 0 aromatic heterocycles. The average molecular weight is 336 g/mol. The molecule has 0 amide bonds. The zero-order valence-corrected chi connectivity index (χ0v) is 11.1. The lowest BCUT2D eigenvalue weighted by atomic mass is 10.1. The molecule has 0 aliphatic rings. The van der Waals surface area contributed by atoms with Gasteiger partial charge < -0.3 is 4.74 Å². The molecule has 0 radical (unpaired) electrons. The number of ketones is 1. The fourth-order valence-corrected chi connectivity index (χ4v) is 1.60. The molecule has 80 valence electrons. The van der Waals surface area contributed by atoms with Crippen LogP contribution in [0.4, 0.5) is 0 Å². The van der Waals surface area contributed by atoms with Crippen LogP contribution >= 0.6 is 31.9 Å². The summed E-state index contributed by atoms with van der Waals surface area (Å²) in [6.07, 6.45) is -0.232. The maximum atomic E-state index is 11.5. The number of Topliss-reactive ketones (excluding diaryl/α,β-unsaturated/α-hetero) is 1. The van der Waals surface area contributed by atoms with Gasteiger partial charge >= 0.3 is 5.97 Å². The van der Waals surface area contributed by atoms with Crippen molar-refractivity contribution >= 4 is 43.6 Å². The second kappa shape index (κ2) is 5.42. The van der Waals surface area contributed by atoms with Crippen LogP contribution in [0.15, 0.2) is 27.1 Å². The van der Waals surface area contributed by atoms with Gasteiger partial charge in [-0.2, -0.15) is 0 Å². The Morgan fingerprint density at radius 3 is 2.47 bits per heavy atom. The number of ether oxygens (including phenoxy) is 1. The first-order valence-corrected chi connectivity index (χ1v) is 5.68. The van der Waals surface area contributed by atoms with Gasteiger partial charge in [0.15, 0.2) is 5.78 Å². The molecule has 5 heteroatoms. The number of carbonyl (C=O) groups excluding carboxylic acids is 2. The average Bonchev–Trinajstić information content (AvgIpc) is 2.21. The minimum absolute atomic E-state index is 0.232. The first-order valence-electron chi connectivity index (χ1n) is 4.09. The normalized spacial score (nSPS) is 9.80. The summed E-state index contributed by atoms with van der Waals surface area (Å²) in [5.41, 5.74) is 0.482. The molecule has 1 rings (SSSR count).